The average Bonchev–Trinajstić information content (AvgIpc) is 3.01. The highest BCUT2D eigenvalue weighted by Crippen LogP contribution is 2.49. The average molecular weight is 235 g/mol. The standard InChI is InChI=1S/C13H17NO3/c1-14(2)8-9-7-10(3-4-11(9)15)13(5-6-13)12(16)17/h3-4,7,15H,5-6,8H2,1-2H3,(H,16,17). The molecule has 92 valence electrons. The zero-order valence-electron chi connectivity index (χ0n) is 10.1. The molecule has 2 N–H and O–H groups in total. The molecule has 0 spiro atoms. The zero-order chi connectivity index (χ0) is 12.6. The van der Waals surface area contributed by atoms with Crippen LogP contribution in [-0.2, 0) is 16.8 Å². The molecule has 0 amide bonds. The molecular formula is C13H17NO3. The Morgan fingerprint density at radius 3 is 2.53 bits per heavy atom. The molecule has 1 aromatic rings. The van der Waals surface area contributed by atoms with Crippen molar-refractivity contribution < 1.29 is 15.0 Å². The van der Waals surface area contributed by atoms with Crippen molar-refractivity contribution in [2.24, 2.45) is 0 Å². The van der Waals surface area contributed by atoms with Crippen LogP contribution >= 0.6 is 0 Å². The van der Waals surface area contributed by atoms with Crippen LogP contribution in [0.5, 0.6) is 5.75 Å². The number of rotatable bonds is 4. The Labute approximate surface area is 100 Å². The number of benzene rings is 1. The summed E-state index contributed by atoms with van der Waals surface area (Å²) in [7, 11) is 3.83. The number of nitrogens with zero attached hydrogens (tertiary/aromatic N) is 1. The number of aromatic hydroxyl groups is 1. The summed E-state index contributed by atoms with van der Waals surface area (Å²) in [4.78, 5) is 13.2. The van der Waals surface area contributed by atoms with Crippen molar-refractivity contribution in [2.75, 3.05) is 14.1 Å². The van der Waals surface area contributed by atoms with E-state index in [0.29, 0.717) is 19.4 Å². The quantitative estimate of drug-likeness (QED) is 0.831. The third-order valence-electron chi connectivity index (χ3n) is 3.28. The molecule has 1 aliphatic carbocycles. The molecule has 0 radical (unpaired) electrons. The predicted octanol–water partition coefficient (Wildman–Crippen LogP) is 1.57. The van der Waals surface area contributed by atoms with Crippen molar-refractivity contribution >= 4 is 5.97 Å². The van der Waals surface area contributed by atoms with Gasteiger partial charge in [0.2, 0.25) is 0 Å². The van der Waals surface area contributed by atoms with Gasteiger partial charge in [0.25, 0.3) is 0 Å². The largest absolute Gasteiger partial charge is 0.508 e. The minimum Gasteiger partial charge on any atom is -0.508 e. The highest BCUT2D eigenvalue weighted by Gasteiger charge is 2.51. The van der Waals surface area contributed by atoms with Gasteiger partial charge in [0, 0.05) is 12.1 Å². The lowest BCUT2D eigenvalue weighted by Crippen LogP contribution is -2.20. The summed E-state index contributed by atoms with van der Waals surface area (Å²) < 4.78 is 0. The van der Waals surface area contributed by atoms with E-state index in [-0.39, 0.29) is 5.75 Å². The lowest BCUT2D eigenvalue weighted by molar-refractivity contribution is -0.140. The first-order valence-electron chi connectivity index (χ1n) is 5.66. The summed E-state index contributed by atoms with van der Waals surface area (Å²) in [5, 5.41) is 19.0. The first kappa shape index (κ1) is 11.9. The topological polar surface area (TPSA) is 60.8 Å². The van der Waals surface area contributed by atoms with Gasteiger partial charge in [-0.3, -0.25) is 4.79 Å². The molecule has 0 aliphatic heterocycles. The van der Waals surface area contributed by atoms with E-state index in [4.69, 9.17) is 0 Å². The maximum atomic E-state index is 11.2. The van der Waals surface area contributed by atoms with Crippen LogP contribution in [0.15, 0.2) is 18.2 Å². The zero-order valence-corrected chi connectivity index (χ0v) is 10.1. The highest BCUT2D eigenvalue weighted by atomic mass is 16.4. The molecule has 1 aromatic carbocycles. The Morgan fingerprint density at radius 1 is 1.41 bits per heavy atom. The second kappa shape index (κ2) is 4.04. The smallest absolute Gasteiger partial charge is 0.314 e. The van der Waals surface area contributed by atoms with Crippen LogP contribution in [0.4, 0.5) is 0 Å². The molecule has 1 fully saturated rings. The van der Waals surface area contributed by atoms with Crippen molar-refractivity contribution in [2.45, 2.75) is 24.8 Å². The van der Waals surface area contributed by atoms with Crippen molar-refractivity contribution in [3.63, 3.8) is 0 Å². The van der Waals surface area contributed by atoms with Crippen LogP contribution in [0.25, 0.3) is 0 Å². The minimum atomic E-state index is -0.765. The van der Waals surface area contributed by atoms with E-state index in [2.05, 4.69) is 0 Å². The van der Waals surface area contributed by atoms with Crippen molar-refractivity contribution in [3.05, 3.63) is 29.3 Å². The Bertz CT molecular complexity index is 450. The summed E-state index contributed by atoms with van der Waals surface area (Å²) in [5.74, 6) is -0.539. The minimum absolute atomic E-state index is 0.226. The lowest BCUT2D eigenvalue weighted by Gasteiger charge is -2.15. The first-order valence-corrected chi connectivity index (χ1v) is 5.66. The second-order valence-electron chi connectivity index (χ2n) is 4.97. The van der Waals surface area contributed by atoms with Crippen molar-refractivity contribution in [1.82, 2.24) is 4.90 Å². The molecule has 0 unspecified atom stereocenters. The Morgan fingerprint density at radius 2 is 2.06 bits per heavy atom. The van der Waals surface area contributed by atoms with E-state index >= 15 is 0 Å². The van der Waals surface area contributed by atoms with Gasteiger partial charge in [-0.25, -0.2) is 0 Å². The molecule has 4 nitrogen and oxygen atoms in total. The number of hydrogen-bond donors (Lipinski definition) is 2. The number of phenols is 1. The SMILES string of the molecule is CN(C)Cc1cc(C2(C(=O)O)CC2)ccc1O. The van der Waals surface area contributed by atoms with Crippen LogP contribution in [0.1, 0.15) is 24.0 Å². The number of carboxylic acid groups (broad SMARTS) is 1. The van der Waals surface area contributed by atoms with E-state index in [1.54, 1.807) is 12.1 Å². The molecule has 0 heterocycles. The maximum Gasteiger partial charge on any atom is 0.314 e. The van der Waals surface area contributed by atoms with Crippen LogP contribution < -0.4 is 0 Å². The molecule has 1 saturated carbocycles. The molecule has 0 aromatic heterocycles. The van der Waals surface area contributed by atoms with Gasteiger partial charge in [0.1, 0.15) is 5.75 Å². The summed E-state index contributed by atoms with van der Waals surface area (Å²) in [6.45, 7) is 0.607. The highest BCUT2D eigenvalue weighted by molar-refractivity contribution is 5.85. The van der Waals surface area contributed by atoms with Gasteiger partial charge in [-0.15, -0.1) is 0 Å². The summed E-state index contributed by atoms with van der Waals surface area (Å²) >= 11 is 0. The number of hydrogen-bond acceptors (Lipinski definition) is 3. The van der Waals surface area contributed by atoms with Crippen LogP contribution in [0, 0.1) is 0 Å². The van der Waals surface area contributed by atoms with E-state index in [1.165, 1.54) is 0 Å². The summed E-state index contributed by atoms with van der Waals surface area (Å²) in [6.07, 6.45) is 1.38. The fourth-order valence-electron chi connectivity index (χ4n) is 2.10. The van der Waals surface area contributed by atoms with Crippen LogP contribution in [0.2, 0.25) is 0 Å². The number of carbonyl (C=O) groups is 1. The number of phenolic OH excluding ortho intramolecular Hbond substituents is 1. The monoisotopic (exact) mass is 235 g/mol. The van der Waals surface area contributed by atoms with E-state index < -0.39 is 11.4 Å². The molecule has 1 aliphatic rings. The van der Waals surface area contributed by atoms with Crippen LogP contribution in [0.3, 0.4) is 0 Å². The van der Waals surface area contributed by atoms with Gasteiger partial charge < -0.3 is 15.1 Å². The molecule has 4 heteroatoms. The fourth-order valence-corrected chi connectivity index (χ4v) is 2.10. The third-order valence-corrected chi connectivity index (χ3v) is 3.28. The second-order valence-corrected chi connectivity index (χ2v) is 4.97. The lowest BCUT2D eigenvalue weighted by atomic mass is 9.94. The van der Waals surface area contributed by atoms with Gasteiger partial charge in [-0.2, -0.15) is 0 Å². The van der Waals surface area contributed by atoms with Crippen LogP contribution in [-0.4, -0.2) is 35.2 Å². The summed E-state index contributed by atoms with van der Waals surface area (Å²) in [6, 6.07) is 5.13. The van der Waals surface area contributed by atoms with Crippen molar-refractivity contribution in [3.8, 4) is 5.75 Å². The number of aliphatic carboxylic acids is 1. The van der Waals surface area contributed by atoms with Gasteiger partial charge in [0.15, 0.2) is 0 Å². The fraction of sp³-hybridized carbons (Fsp3) is 0.462. The van der Waals surface area contributed by atoms with E-state index in [1.807, 2.05) is 25.1 Å². The first-order chi connectivity index (χ1) is 7.95. The number of carboxylic acids is 1. The molecule has 0 atom stereocenters. The molecule has 2 rings (SSSR count). The van der Waals surface area contributed by atoms with Crippen molar-refractivity contribution in [1.29, 1.82) is 0 Å². The van der Waals surface area contributed by atoms with Gasteiger partial charge >= 0.3 is 5.97 Å². The van der Waals surface area contributed by atoms with E-state index in [0.717, 1.165) is 11.1 Å². The van der Waals surface area contributed by atoms with Gasteiger partial charge in [0.05, 0.1) is 5.41 Å². The Kier molecular flexibility index (Phi) is 2.83. The van der Waals surface area contributed by atoms with Gasteiger partial charge in [-0.05, 0) is 44.6 Å². The molecule has 0 saturated heterocycles. The Hall–Kier alpha value is -1.55. The Balaban J connectivity index is 2.34. The molecule has 17 heavy (non-hydrogen) atoms. The normalized spacial score (nSPS) is 17.1. The van der Waals surface area contributed by atoms with E-state index in [9.17, 15) is 15.0 Å². The summed E-state index contributed by atoms with van der Waals surface area (Å²) in [5.41, 5.74) is 0.883. The maximum absolute atomic E-state index is 11.2. The predicted molar refractivity (Wildman–Crippen MR) is 64.0 cm³/mol. The third kappa shape index (κ3) is 2.13. The molecule has 0 bridgehead atoms. The van der Waals surface area contributed by atoms with Gasteiger partial charge in [-0.1, -0.05) is 6.07 Å². The molecular weight excluding hydrogens is 218 g/mol.